The zero-order valence-corrected chi connectivity index (χ0v) is 17.9. The molecule has 4 nitrogen and oxygen atoms in total. The van der Waals surface area contributed by atoms with Gasteiger partial charge in [-0.15, -0.1) is 24.8 Å². The van der Waals surface area contributed by atoms with Gasteiger partial charge in [-0.2, -0.15) is 0 Å². The number of halogens is 2. The molecular formula is C21H29Cl2N3O. The Bertz CT molecular complexity index is 828. The molecular weight excluding hydrogens is 381 g/mol. The lowest BCUT2D eigenvalue weighted by molar-refractivity contribution is 0.0709. The number of fused-ring (bicyclic) bond motifs is 1. The van der Waals surface area contributed by atoms with E-state index in [-0.39, 0.29) is 30.7 Å². The molecule has 0 radical (unpaired) electrons. The summed E-state index contributed by atoms with van der Waals surface area (Å²) in [6.07, 6.45) is 4.45. The molecule has 2 fully saturated rings. The molecule has 27 heavy (non-hydrogen) atoms. The molecule has 6 heteroatoms. The number of likely N-dealkylation sites (tertiary alicyclic amines) is 1. The van der Waals surface area contributed by atoms with Crippen LogP contribution in [0.5, 0.6) is 0 Å². The number of pyridine rings is 1. The molecule has 1 saturated heterocycles. The predicted octanol–water partition coefficient (Wildman–Crippen LogP) is 4.40. The van der Waals surface area contributed by atoms with Crippen molar-refractivity contribution < 1.29 is 4.79 Å². The summed E-state index contributed by atoms with van der Waals surface area (Å²) < 4.78 is 0. The third kappa shape index (κ3) is 4.39. The van der Waals surface area contributed by atoms with Crippen molar-refractivity contribution in [2.45, 2.75) is 51.5 Å². The van der Waals surface area contributed by atoms with Crippen LogP contribution in [0, 0.1) is 13.8 Å². The Morgan fingerprint density at radius 1 is 1.07 bits per heavy atom. The maximum atomic E-state index is 13.3. The van der Waals surface area contributed by atoms with E-state index in [4.69, 9.17) is 4.98 Å². The minimum atomic E-state index is 0. The molecule has 2 heterocycles. The molecule has 2 aliphatic rings. The first-order valence-corrected chi connectivity index (χ1v) is 9.45. The lowest BCUT2D eigenvalue weighted by atomic mass is 9.98. The van der Waals surface area contributed by atoms with Gasteiger partial charge in [-0.1, -0.05) is 11.6 Å². The lowest BCUT2D eigenvalue weighted by Gasteiger charge is -2.32. The molecule has 0 atom stereocenters. The summed E-state index contributed by atoms with van der Waals surface area (Å²) in [6.45, 7) is 5.86. The van der Waals surface area contributed by atoms with Gasteiger partial charge in [-0.05, 0) is 64.3 Å². The van der Waals surface area contributed by atoms with Gasteiger partial charge in [0.05, 0.1) is 11.1 Å². The summed E-state index contributed by atoms with van der Waals surface area (Å²) in [5.74, 6) is 0.723. The van der Waals surface area contributed by atoms with Crippen LogP contribution in [0.25, 0.3) is 10.9 Å². The first kappa shape index (κ1) is 21.9. The van der Waals surface area contributed by atoms with Gasteiger partial charge >= 0.3 is 0 Å². The number of nitrogens with zero attached hydrogens (tertiary/aromatic N) is 2. The van der Waals surface area contributed by atoms with Gasteiger partial charge in [0.1, 0.15) is 0 Å². The highest BCUT2D eigenvalue weighted by molar-refractivity contribution is 6.07. The van der Waals surface area contributed by atoms with E-state index in [1.807, 2.05) is 11.9 Å². The molecule has 1 aliphatic carbocycles. The number of carbonyl (C=O) groups excluding carboxylic acids is 1. The van der Waals surface area contributed by atoms with Gasteiger partial charge in [-0.25, -0.2) is 0 Å². The van der Waals surface area contributed by atoms with Crippen LogP contribution in [0.4, 0.5) is 0 Å². The third-order valence-corrected chi connectivity index (χ3v) is 5.68. The average molecular weight is 410 g/mol. The van der Waals surface area contributed by atoms with Gasteiger partial charge < -0.3 is 10.2 Å². The molecule has 1 aromatic carbocycles. The molecule has 1 aromatic heterocycles. The molecule has 1 N–H and O–H groups in total. The highest BCUT2D eigenvalue weighted by Gasteiger charge is 2.29. The number of rotatable bonds is 3. The Labute approximate surface area is 173 Å². The van der Waals surface area contributed by atoms with E-state index >= 15 is 0 Å². The second-order valence-corrected chi connectivity index (χ2v) is 7.70. The van der Waals surface area contributed by atoms with Gasteiger partial charge in [-0.3, -0.25) is 9.78 Å². The number of hydrogen-bond acceptors (Lipinski definition) is 3. The van der Waals surface area contributed by atoms with Crippen molar-refractivity contribution in [3.8, 4) is 0 Å². The molecule has 0 unspecified atom stereocenters. The first-order chi connectivity index (χ1) is 12.1. The SMILES string of the molecule is CNC1CCN(C(=O)c2cc(C3CC3)nc3c(C)cc(C)cc23)CC1.Cl.Cl. The number of carbonyl (C=O) groups is 1. The van der Waals surface area contributed by atoms with E-state index in [0.717, 1.165) is 48.1 Å². The van der Waals surface area contributed by atoms with Crippen LogP contribution < -0.4 is 5.32 Å². The number of benzene rings is 1. The van der Waals surface area contributed by atoms with E-state index in [1.165, 1.54) is 24.0 Å². The van der Waals surface area contributed by atoms with Gasteiger partial charge in [0.25, 0.3) is 5.91 Å². The Hall–Kier alpha value is -1.36. The van der Waals surface area contributed by atoms with Crippen LogP contribution in [0.3, 0.4) is 0 Å². The second kappa shape index (κ2) is 8.76. The first-order valence-electron chi connectivity index (χ1n) is 9.45. The maximum Gasteiger partial charge on any atom is 0.254 e. The molecule has 1 saturated carbocycles. The van der Waals surface area contributed by atoms with Crippen molar-refractivity contribution in [2.24, 2.45) is 0 Å². The summed E-state index contributed by atoms with van der Waals surface area (Å²) in [4.78, 5) is 20.2. The Kier molecular flexibility index (Phi) is 7.12. The molecule has 2 aromatic rings. The van der Waals surface area contributed by atoms with E-state index in [2.05, 4.69) is 37.4 Å². The fraction of sp³-hybridized carbons (Fsp3) is 0.524. The van der Waals surface area contributed by atoms with Crippen LogP contribution in [-0.4, -0.2) is 42.0 Å². The Balaban J connectivity index is 0.00000131. The average Bonchev–Trinajstić information content (AvgIpc) is 3.45. The minimum Gasteiger partial charge on any atom is -0.339 e. The van der Waals surface area contributed by atoms with Gasteiger partial charge in [0.2, 0.25) is 0 Å². The monoisotopic (exact) mass is 409 g/mol. The minimum absolute atomic E-state index is 0. The second-order valence-electron chi connectivity index (χ2n) is 7.70. The highest BCUT2D eigenvalue weighted by Crippen LogP contribution is 2.40. The zero-order chi connectivity index (χ0) is 17.6. The number of aromatic nitrogens is 1. The number of aryl methyl sites for hydroxylation is 2. The summed E-state index contributed by atoms with van der Waals surface area (Å²) >= 11 is 0. The fourth-order valence-corrected chi connectivity index (χ4v) is 4.01. The van der Waals surface area contributed by atoms with Crippen LogP contribution in [0.2, 0.25) is 0 Å². The van der Waals surface area contributed by atoms with Gasteiger partial charge in [0, 0.05) is 36.1 Å². The number of piperidine rings is 1. The normalized spacial score (nSPS) is 17.4. The van der Waals surface area contributed by atoms with Crippen molar-refractivity contribution >= 4 is 41.6 Å². The maximum absolute atomic E-state index is 13.3. The zero-order valence-electron chi connectivity index (χ0n) is 16.2. The molecule has 148 valence electrons. The molecule has 1 aliphatic heterocycles. The topological polar surface area (TPSA) is 45.2 Å². The Morgan fingerprint density at radius 3 is 2.33 bits per heavy atom. The quantitative estimate of drug-likeness (QED) is 0.816. The Morgan fingerprint density at radius 2 is 1.74 bits per heavy atom. The molecule has 0 bridgehead atoms. The van der Waals surface area contributed by atoms with E-state index in [0.29, 0.717) is 12.0 Å². The van der Waals surface area contributed by atoms with Gasteiger partial charge in [0.15, 0.2) is 0 Å². The molecule has 4 rings (SSSR count). The number of hydrogen-bond donors (Lipinski definition) is 1. The standard InChI is InChI=1S/C21H27N3O.2ClH/c1-13-10-14(2)20-17(11-13)18(12-19(23-20)15-4-5-15)21(25)24-8-6-16(22-3)7-9-24;;/h10-12,15-16,22H,4-9H2,1-3H3;2*1H. The highest BCUT2D eigenvalue weighted by atomic mass is 35.5. The third-order valence-electron chi connectivity index (χ3n) is 5.68. The predicted molar refractivity (Wildman–Crippen MR) is 116 cm³/mol. The summed E-state index contributed by atoms with van der Waals surface area (Å²) in [6, 6.07) is 6.90. The van der Waals surface area contributed by atoms with Crippen LogP contribution in [0.1, 0.15) is 58.8 Å². The van der Waals surface area contributed by atoms with Crippen LogP contribution >= 0.6 is 24.8 Å². The van der Waals surface area contributed by atoms with Crippen molar-refractivity contribution in [1.29, 1.82) is 0 Å². The molecule has 0 spiro atoms. The van der Waals surface area contributed by atoms with Crippen molar-refractivity contribution in [1.82, 2.24) is 15.2 Å². The van der Waals surface area contributed by atoms with Crippen molar-refractivity contribution in [3.05, 3.63) is 40.6 Å². The van der Waals surface area contributed by atoms with Crippen molar-refractivity contribution in [3.63, 3.8) is 0 Å². The number of amides is 1. The smallest absolute Gasteiger partial charge is 0.254 e. The van der Waals surface area contributed by atoms with Crippen molar-refractivity contribution in [2.75, 3.05) is 20.1 Å². The number of nitrogens with one attached hydrogen (secondary N) is 1. The summed E-state index contributed by atoms with van der Waals surface area (Å²) in [7, 11) is 2.01. The lowest BCUT2D eigenvalue weighted by Crippen LogP contribution is -2.44. The fourth-order valence-electron chi connectivity index (χ4n) is 4.01. The van der Waals surface area contributed by atoms with E-state index < -0.39 is 0 Å². The van der Waals surface area contributed by atoms with E-state index in [1.54, 1.807) is 0 Å². The molecule has 1 amide bonds. The summed E-state index contributed by atoms with van der Waals surface area (Å²) in [5.41, 5.74) is 5.31. The summed E-state index contributed by atoms with van der Waals surface area (Å²) in [5, 5.41) is 4.35. The largest absolute Gasteiger partial charge is 0.339 e. The van der Waals surface area contributed by atoms with Crippen LogP contribution in [0.15, 0.2) is 18.2 Å². The van der Waals surface area contributed by atoms with E-state index in [9.17, 15) is 4.79 Å². The van der Waals surface area contributed by atoms with Crippen LogP contribution in [-0.2, 0) is 0 Å².